The van der Waals surface area contributed by atoms with Gasteiger partial charge in [-0.3, -0.25) is 4.79 Å². The van der Waals surface area contributed by atoms with Crippen molar-refractivity contribution < 1.29 is 19.1 Å². The molecular weight excluding hydrogens is 320 g/mol. The van der Waals surface area contributed by atoms with Gasteiger partial charge in [-0.25, -0.2) is 4.79 Å². The molecule has 0 unspecified atom stereocenters. The summed E-state index contributed by atoms with van der Waals surface area (Å²) in [7, 11) is 1.55. The summed E-state index contributed by atoms with van der Waals surface area (Å²) in [5, 5.41) is 2.85. The Morgan fingerprint density at radius 2 is 1.87 bits per heavy atom. The molecule has 0 aliphatic rings. The maximum atomic E-state index is 11.9. The Kier molecular flexibility index (Phi) is 5.43. The van der Waals surface area contributed by atoms with Gasteiger partial charge in [-0.1, -0.05) is 17.7 Å². The summed E-state index contributed by atoms with van der Waals surface area (Å²) in [6, 6.07) is 11.4. The Balaban J connectivity index is 1.90. The van der Waals surface area contributed by atoms with Gasteiger partial charge in [-0.2, -0.15) is 0 Å². The smallest absolute Gasteiger partial charge is 0.340 e. The molecular formula is C16H15ClN2O4. The van der Waals surface area contributed by atoms with Crippen LogP contribution in [-0.4, -0.2) is 25.6 Å². The number of anilines is 2. The van der Waals surface area contributed by atoms with Gasteiger partial charge in [0.05, 0.1) is 23.4 Å². The zero-order chi connectivity index (χ0) is 16.8. The standard InChI is InChI=1S/C16H15ClN2O4/c1-22-11-7-5-10(6-8-11)19-14(20)9-23-16(21)12-3-2-4-13(17)15(12)18/h2-8H,9,18H2,1H3,(H,19,20). The van der Waals surface area contributed by atoms with Crippen molar-refractivity contribution in [2.24, 2.45) is 0 Å². The fourth-order valence-electron chi connectivity index (χ4n) is 1.80. The number of nitrogens with two attached hydrogens (primary N) is 1. The molecule has 0 aliphatic heterocycles. The normalized spacial score (nSPS) is 10.0. The van der Waals surface area contributed by atoms with Gasteiger partial charge in [0.2, 0.25) is 0 Å². The first-order chi connectivity index (χ1) is 11.0. The highest BCUT2D eigenvalue weighted by atomic mass is 35.5. The SMILES string of the molecule is COc1ccc(NC(=O)COC(=O)c2cccc(Cl)c2N)cc1. The third-order valence-corrected chi connectivity index (χ3v) is 3.31. The van der Waals surface area contributed by atoms with Gasteiger partial charge in [-0.05, 0) is 36.4 Å². The molecule has 0 spiro atoms. The molecule has 3 N–H and O–H groups in total. The van der Waals surface area contributed by atoms with Crippen LogP contribution in [0.15, 0.2) is 42.5 Å². The maximum absolute atomic E-state index is 11.9. The molecule has 7 heteroatoms. The minimum Gasteiger partial charge on any atom is -0.497 e. The fourth-order valence-corrected chi connectivity index (χ4v) is 1.97. The van der Waals surface area contributed by atoms with Gasteiger partial charge in [0, 0.05) is 5.69 Å². The molecule has 0 heterocycles. The number of nitrogens with one attached hydrogen (secondary N) is 1. The summed E-state index contributed by atoms with van der Waals surface area (Å²) in [5.74, 6) is -0.509. The number of rotatable bonds is 5. The van der Waals surface area contributed by atoms with E-state index in [1.807, 2.05) is 0 Å². The number of para-hydroxylation sites is 1. The van der Waals surface area contributed by atoms with Crippen molar-refractivity contribution in [1.82, 2.24) is 0 Å². The molecule has 6 nitrogen and oxygen atoms in total. The average molecular weight is 335 g/mol. The minimum atomic E-state index is -0.713. The fraction of sp³-hybridized carbons (Fsp3) is 0.125. The number of halogens is 1. The topological polar surface area (TPSA) is 90.6 Å². The molecule has 0 atom stereocenters. The second kappa shape index (κ2) is 7.51. The van der Waals surface area contributed by atoms with Crippen LogP contribution in [0.1, 0.15) is 10.4 Å². The number of esters is 1. The van der Waals surface area contributed by atoms with Gasteiger partial charge < -0.3 is 20.5 Å². The van der Waals surface area contributed by atoms with Crippen molar-refractivity contribution >= 4 is 34.9 Å². The highest BCUT2D eigenvalue weighted by molar-refractivity contribution is 6.33. The number of amides is 1. The zero-order valence-electron chi connectivity index (χ0n) is 12.3. The number of benzene rings is 2. The number of carbonyl (C=O) groups excluding carboxylic acids is 2. The second-order valence-electron chi connectivity index (χ2n) is 4.55. The quantitative estimate of drug-likeness (QED) is 0.648. The highest BCUT2D eigenvalue weighted by Crippen LogP contribution is 2.23. The van der Waals surface area contributed by atoms with Gasteiger partial charge >= 0.3 is 5.97 Å². The number of hydrogen-bond acceptors (Lipinski definition) is 5. The van der Waals surface area contributed by atoms with Crippen LogP contribution in [0.4, 0.5) is 11.4 Å². The number of carbonyl (C=O) groups is 2. The van der Waals surface area contributed by atoms with E-state index >= 15 is 0 Å². The molecule has 2 aromatic rings. The Morgan fingerprint density at radius 1 is 1.17 bits per heavy atom. The van der Waals surface area contributed by atoms with Crippen LogP contribution in [-0.2, 0) is 9.53 Å². The Morgan fingerprint density at radius 3 is 2.52 bits per heavy atom. The molecule has 2 aromatic carbocycles. The molecule has 0 bridgehead atoms. The predicted molar refractivity (Wildman–Crippen MR) is 87.8 cm³/mol. The summed E-state index contributed by atoms with van der Waals surface area (Å²) in [4.78, 5) is 23.7. The van der Waals surface area contributed by atoms with Gasteiger partial charge in [0.15, 0.2) is 6.61 Å². The monoisotopic (exact) mass is 334 g/mol. The lowest BCUT2D eigenvalue weighted by molar-refractivity contribution is -0.119. The van der Waals surface area contributed by atoms with Crippen LogP contribution in [0.3, 0.4) is 0 Å². The molecule has 0 fully saturated rings. The first kappa shape index (κ1) is 16.6. The van der Waals surface area contributed by atoms with Crippen LogP contribution in [0.5, 0.6) is 5.75 Å². The number of nitrogen functional groups attached to an aromatic ring is 1. The van der Waals surface area contributed by atoms with E-state index in [0.717, 1.165) is 0 Å². The third-order valence-electron chi connectivity index (χ3n) is 2.98. The number of methoxy groups -OCH3 is 1. The molecule has 1 amide bonds. The Hall–Kier alpha value is -2.73. The van der Waals surface area contributed by atoms with Crippen molar-refractivity contribution in [1.29, 1.82) is 0 Å². The molecule has 0 saturated heterocycles. The third kappa shape index (κ3) is 4.37. The Bertz CT molecular complexity index is 717. The van der Waals surface area contributed by atoms with Gasteiger partial charge in [0.1, 0.15) is 5.75 Å². The molecule has 23 heavy (non-hydrogen) atoms. The van der Waals surface area contributed by atoms with Gasteiger partial charge in [-0.15, -0.1) is 0 Å². The lowest BCUT2D eigenvalue weighted by Crippen LogP contribution is -2.21. The van der Waals surface area contributed by atoms with Crippen LogP contribution >= 0.6 is 11.6 Å². The number of hydrogen-bond donors (Lipinski definition) is 2. The average Bonchev–Trinajstić information content (AvgIpc) is 2.56. The Labute approximate surface area is 138 Å². The van der Waals surface area contributed by atoms with Crippen molar-refractivity contribution in [2.75, 3.05) is 24.8 Å². The zero-order valence-corrected chi connectivity index (χ0v) is 13.1. The highest BCUT2D eigenvalue weighted by Gasteiger charge is 2.14. The van der Waals surface area contributed by atoms with Gasteiger partial charge in [0.25, 0.3) is 5.91 Å². The van der Waals surface area contributed by atoms with E-state index in [1.54, 1.807) is 43.5 Å². The molecule has 0 radical (unpaired) electrons. The molecule has 120 valence electrons. The molecule has 0 aromatic heterocycles. The van der Waals surface area contributed by atoms with E-state index in [9.17, 15) is 9.59 Å². The second-order valence-corrected chi connectivity index (χ2v) is 4.96. The van der Waals surface area contributed by atoms with Crippen molar-refractivity contribution in [3.05, 3.63) is 53.1 Å². The first-order valence-corrected chi connectivity index (χ1v) is 7.04. The van der Waals surface area contributed by atoms with Crippen molar-refractivity contribution in [2.45, 2.75) is 0 Å². The lowest BCUT2D eigenvalue weighted by Gasteiger charge is -2.09. The van der Waals surface area contributed by atoms with Crippen molar-refractivity contribution in [3.8, 4) is 5.75 Å². The summed E-state index contributed by atoms with van der Waals surface area (Å²) < 4.78 is 9.95. The first-order valence-electron chi connectivity index (χ1n) is 6.66. The van der Waals surface area contributed by atoms with E-state index in [2.05, 4.69) is 5.32 Å². The summed E-state index contributed by atoms with van der Waals surface area (Å²) in [6.07, 6.45) is 0. The summed E-state index contributed by atoms with van der Waals surface area (Å²) in [5.41, 5.74) is 6.50. The summed E-state index contributed by atoms with van der Waals surface area (Å²) in [6.45, 7) is -0.434. The van der Waals surface area contributed by atoms with E-state index in [-0.39, 0.29) is 16.3 Å². The summed E-state index contributed by atoms with van der Waals surface area (Å²) >= 11 is 5.83. The van der Waals surface area contributed by atoms with E-state index in [4.69, 9.17) is 26.8 Å². The van der Waals surface area contributed by atoms with Crippen LogP contribution in [0.2, 0.25) is 5.02 Å². The maximum Gasteiger partial charge on any atom is 0.340 e. The molecule has 0 saturated carbocycles. The predicted octanol–water partition coefficient (Wildman–Crippen LogP) is 2.73. The lowest BCUT2D eigenvalue weighted by atomic mass is 10.2. The molecule has 2 rings (SSSR count). The largest absolute Gasteiger partial charge is 0.497 e. The van der Waals surface area contributed by atoms with E-state index in [0.29, 0.717) is 11.4 Å². The number of ether oxygens (including phenoxy) is 2. The minimum absolute atomic E-state index is 0.120. The van der Waals surface area contributed by atoms with Crippen molar-refractivity contribution in [3.63, 3.8) is 0 Å². The van der Waals surface area contributed by atoms with E-state index < -0.39 is 18.5 Å². The van der Waals surface area contributed by atoms with E-state index in [1.165, 1.54) is 6.07 Å². The van der Waals surface area contributed by atoms with Crippen LogP contribution in [0.25, 0.3) is 0 Å². The van der Waals surface area contributed by atoms with Crippen LogP contribution < -0.4 is 15.8 Å². The van der Waals surface area contributed by atoms with Crippen LogP contribution in [0, 0.1) is 0 Å². The molecule has 0 aliphatic carbocycles.